The van der Waals surface area contributed by atoms with Gasteiger partial charge in [-0.3, -0.25) is 19.5 Å². The molecule has 0 bridgehead atoms. The van der Waals surface area contributed by atoms with Gasteiger partial charge in [0, 0.05) is 11.6 Å². The highest BCUT2D eigenvalue weighted by Crippen LogP contribution is 2.28. The quantitative estimate of drug-likeness (QED) is 0.687. The molecule has 0 radical (unpaired) electrons. The van der Waals surface area contributed by atoms with Crippen LogP contribution in [-0.2, 0) is 15.1 Å². The molecule has 7 heteroatoms. The fourth-order valence-electron chi connectivity index (χ4n) is 3.35. The lowest BCUT2D eigenvalue weighted by Crippen LogP contribution is -2.42. The van der Waals surface area contributed by atoms with Gasteiger partial charge in [0.05, 0.1) is 11.2 Å². The molecule has 1 saturated heterocycles. The molecule has 7 nitrogen and oxygen atoms in total. The Bertz CT molecular complexity index is 1080. The van der Waals surface area contributed by atoms with E-state index in [2.05, 4.69) is 15.6 Å². The van der Waals surface area contributed by atoms with E-state index in [1.54, 1.807) is 49.5 Å². The number of nitrogens with one attached hydrogen (secondary N) is 2. The molecule has 0 aliphatic carbocycles. The second-order valence-corrected chi connectivity index (χ2v) is 6.74. The Morgan fingerprint density at radius 3 is 2.61 bits per heavy atom. The Morgan fingerprint density at radius 1 is 1.07 bits per heavy atom. The molecule has 0 spiro atoms. The van der Waals surface area contributed by atoms with E-state index in [0.717, 1.165) is 10.3 Å². The molecule has 1 aliphatic heterocycles. The summed E-state index contributed by atoms with van der Waals surface area (Å²) in [5.41, 5.74) is 0.639. The molecule has 3 aromatic rings. The average molecular weight is 374 g/mol. The second kappa shape index (κ2) is 6.77. The molecule has 0 unspecified atom stereocenters. The molecular weight excluding hydrogens is 356 g/mol. The van der Waals surface area contributed by atoms with Crippen LogP contribution in [0.15, 0.2) is 66.9 Å². The van der Waals surface area contributed by atoms with Crippen molar-refractivity contribution in [2.75, 3.05) is 11.9 Å². The van der Waals surface area contributed by atoms with Gasteiger partial charge in [-0.1, -0.05) is 48.5 Å². The zero-order valence-corrected chi connectivity index (χ0v) is 15.2. The van der Waals surface area contributed by atoms with Crippen molar-refractivity contribution < 1.29 is 14.4 Å². The van der Waals surface area contributed by atoms with E-state index >= 15 is 0 Å². The van der Waals surface area contributed by atoms with E-state index in [1.165, 1.54) is 0 Å². The largest absolute Gasteiger partial charge is 0.325 e. The smallest absolute Gasteiger partial charge is 0.323 e. The number of carbonyl (C=O) groups is 3. The predicted molar refractivity (Wildman–Crippen MR) is 104 cm³/mol. The minimum atomic E-state index is -1.19. The molecule has 1 aliphatic rings. The van der Waals surface area contributed by atoms with Gasteiger partial charge < -0.3 is 10.6 Å². The van der Waals surface area contributed by atoms with Crippen molar-refractivity contribution in [3.8, 4) is 0 Å². The van der Waals surface area contributed by atoms with E-state index < -0.39 is 23.4 Å². The van der Waals surface area contributed by atoms with Crippen molar-refractivity contribution in [1.82, 2.24) is 15.2 Å². The van der Waals surface area contributed by atoms with Gasteiger partial charge in [-0.2, -0.15) is 0 Å². The molecule has 2 aromatic carbocycles. The molecular formula is C21H18N4O3. The normalized spacial score (nSPS) is 19.0. The Balaban J connectivity index is 1.53. The number of fused-ring (bicyclic) bond motifs is 1. The van der Waals surface area contributed by atoms with Crippen LogP contribution >= 0.6 is 0 Å². The summed E-state index contributed by atoms with van der Waals surface area (Å²) in [4.78, 5) is 43.0. The number of amides is 4. The fourth-order valence-corrected chi connectivity index (χ4v) is 3.35. The lowest BCUT2D eigenvalue weighted by Gasteiger charge is -2.22. The first-order valence-electron chi connectivity index (χ1n) is 8.82. The molecule has 1 aromatic heterocycles. The van der Waals surface area contributed by atoms with Gasteiger partial charge in [0.15, 0.2) is 0 Å². The van der Waals surface area contributed by atoms with Gasteiger partial charge in [0.2, 0.25) is 5.91 Å². The maximum absolute atomic E-state index is 12.9. The number of imide groups is 1. The van der Waals surface area contributed by atoms with E-state index in [0.29, 0.717) is 16.8 Å². The number of para-hydroxylation sites is 1. The SMILES string of the molecule is C[C@@]1(c2ccccc2)NC(=O)N(CC(=O)Nc2cccc3cccnc23)C1=O. The maximum atomic E-state index is 12.9. The summed E-state index contributed by atoms with van der Waals surface area (Å²) < 4.78 is 0. The zero-order chi connectivity index (χ0) is 19.7. The first kappa shape index (κ1) is 17.7. The highest BCUT2D eigenvalue weighted by atomic mass is 16.2. The topological polar surface area (TPSA) is 91.4 Å². The van der Waals surface area contributed by atoms with Crippen LogP contribution in [0.2, 0.25) is 0 Å². The van der Waals surface area contributed by atoms with E-state index in [1.807, 2.05) is 24.3 Å². The molecule has 2 heterocycles. The van der Waals surface area contributed by atoms with Gasteiger partial charge in [-0.25, -0.2) is 4.79 Å². The first-order valence-corrected chi connectivity index (χ1v) is 8.82. The van der Waals surface area contributed by atoms with E-state index in [4.69, 9.17) is 0 Å². The molecule has 1 fully saturated rings. The highest BCUT2D eigenvalue weighted by Gasteiger charge is 2.49. The third-order valence-electron chi connectivity index (χ3n) is 4.83. The van der Waals surface area contributed by atoms with Crippen LogP contribution in [0.25, 0.3) is 10.9 Å². The number of urea groups is 1. The summed E-state index contributed by atoms with van der Waals surface area (Å²) in [6.45, 7) is 1.26. The molecule has 4 amide bonds. The van der Waals surface area contributed by atoms with Crippen molar-refractivity contribution >= 4 is 34.4 Å². The van der Waals surface area contributed by atoms with Gasteiger partial charge in [0.25, 0.3) is 5.91 Å². The number of carbonyl (C=O) groups excluding carboxylic acids is 3. The summed E-state index contributed by atoms with van der Waals surface area (Å²) >= 11 is 0. The van der Waals surface area contributed by atoms with Crippen molar-refractivity contribution in [1.29, 1.82) is 0 Å². The Morgan fingerprint density at radius 2 is 1.82 bits per heavy atom. The van der Waals surface area contributed by atoms with Crippen molar-refractivity contribution in [2.24, 2.45) is 0 Å². The monoisotopic (exact) mass is 374 g/mol. The molecule has 140 valence electrons. The predicted octanol–water partition coefficient (Wildman–Crippen LogP) is 2.64. The molecule has 28 heavy (non-hydrogen) atoms. The number of nitrogens with zero attached hydrogens (tertiary/aromatic N) is 2. The number of benzene rings is 2. The maximum Gasteiger partial charge on any atom is 0.325 e. The van der Waals surface area contributed by atoms with Crippen LogP contribution in [0.3, 0.4) is 0 Å². The number of rotatable bonds is 4. The average Bonchev–Trinajstić information content (AvgIpc) is 2.93. The minimum Gasteiger partial charge on any atom is -0.323 e. The van der Waals surface area contributed by atoms with Gasteiger partial charge in [-0.15, -0.1) is 0 Å². The zero-order valence-electron chi connectivity index (χ0n) is 15.2. The number of hydrogen-bond acceptors (Lipinski definition) is 4. The molecule has 4 rings (SSSR count). The van der Waals surface area contributed by atoms with Crippen molar-refractivity contribution in [2.45, 2.75) is 12.5 Å². The van der Waals surface area contributed by atoms with Crippen LogP contribution in [0.1, 0.15) is 12.5 Å². The summed E-state index contributed by atoms with van der Waals surface area (Å²) in [6.07, 6.45) is 1.64. The van der Waals surface area contributed by atoms with Crippen LogP contribution in [0.4, 0.5) is 10.5 Å². The van der Waals surface area contributed by atoms with E-state index in [9.17, 15) is 14.4 Å². The lowest BCUT2D eigenvalue weighted by molar-refractivity contribution is -0.133. The molecule has 0 saturated carbocycles. The van der Waals surface area contributed by atoms with Crippen LogP contribution in [0.5, 0.6) is 0 Å². The second-order valence-electron chi connectivity index (χ2n) is 6.74. The van der Waals surface area contributed by atoms with Crippen LogP contribution < -0.4 is 10.6 Å². The number of aromatic nitrogens is 1. The van der Waals surface area contributed by atoms with Crippen LogP contribution in [0, 0.1) is 0 Å². The third-order valence-corrected chi connectivity index (χ3v) is 4.83. The number of anilines is 1. The van der Waals surface area contributed by atoms with Gasteiger partial charge >= 0.3 is 6.03 Å². The van der Waals surface area contributed by atoms with E-state index in [-0.39, 0.29) is 6.54 Å². The molecule has 2 N–H and O–H groups in total. The van der Waals surface area contributed by atoms with Crippen molar-refractivity contribution in [3.63, 3.8) is 0 Å². The highest BCUT2D eigenvalue weighted by molar-refractivity contribution is 6.11. The summed E-state index contributed by atoms with van der Waals surface area (Å²) in [7, 11) is 0. The minimum absolute atomic E-state index is 0.379. The van der Waals surface area contributed by atoms with Gasteiger partial charge in [-0.05, 0) is 24.6 Å². The number of pyridine rings is 1. The van der Waals surface area contributed by atoms with Crippen LogP contribution in [-0.4, -0.2) is 34.3 Å². The lowest BCUT2D eigenvalue weighted by atomic mass is 9.92. The fraction of sp³-hybridized carbons (Fsp3) is 0.143. The summed E-state index contributed by atoms with van der Waals surface area (Å²) in [6, 6.07) is 17.5. The third kappa shape index (κ3) is 2.96. The summed E-state index contributed by atoms with van der Waals surface area (Å²) in [5, 5.41) is 6.32. The van der Waals surface area contributed by atoms with Crippen molar-refractivity contribution in [3.05, 3.63) is 72.4 Å². The Hall–Kier alpha value is -3.74. The number of hydrogen-bond donors (Lipinski definition) is 2. The Labute approximate surface area is 161 Å². The first-order chi connectivity index (χ1) is 13.5. The summed E-state index contributed by atoms with van der Waals surface area (Å²) in [5.74, 6) is -0.936. The standard InChI is InChI=1S/C21H18N4O3/c1-21(15-9-3-2-4-10-15)19(27)25(20(28)24-21)13-17(26)23-16-11-5-7-14-8-6-12-22-18(14)16/h2-12H,13H2,1H3,(H,23,26)(H,24,28)/t21-/m0/s1. The van der Waals surface area contributed by atoms with Gasteiger partial charge in [0.1, 0.15) is 12.1 Å². The Kier molecular flexibility index (Phi) is 4.27. The molecule has 1 atom stereocenters.